The zero-order valence-corrected chi connectivity index (χ0v) is 9.28. The normalized spacial score (nSPS) is 10.0. The first-order chi connectivity index (χ1) is 7.11. The van der Waals surface area contributed by atoms with Crippen LogP contribution >= 0.6 is 0 Å². The van der Waals surface area contributed by atoms with Crippen molar-refractivity contribution >= 4 is 11.8 Å². The molecule has 0 bridgehead atoms. The Bertz CT molecular complexity index is 209. The average Bonchev–Trinajstić information content (AvgIpc) is 2.20. The summed E-state index contributed by atoms with van der Waals surface area (Å²) >= 11 is 0. The Balaban J connectivity index is 3.78. The minimum Gasteiger partial charge on any atom is -0.383 e. The van der Waals surface area contributed by atoms with Crippen LogP contribution in [0.5, 0.6) is 0 Å². The Morgan fingerprint density at radius 3 is 2.60 bits per heavy atom. The third kappa shape index (κ3) is 6.87. The molecule has 0 rings (SSSR count). The lowest BCUT2D eigenvalue weighted by molar-refractivity contribution is -0.134. The van der Waals surface area contributed by atoms with Gasteiger partial charge in [-0.3, -0.25) is 9.59 Å². The number of nitrogens with zero attached hydrogens (tertiary/aromatic N) is 1. The predicted octanol–water partition coefficient (Wildman–Crippen LogP) is -1.44. The van der Waals surface area contributed by atoms with Crippen LogP contribution in [0, 0.1) is 0 Å². The molecule has 0 aliphatic heterocycles. The number of primary amides is 1. The number of ether oxygens (including phenoxy) is 1. The van der Waals surface area contributed by atoms with Gasteiger partial charge in [0, 0.05) is 20.2 Å². The zero-order chi connectivity index (χ0) is 11.7. The maximum atomic E-state index is 11.5. The van der Waals surface area contributed by atoms with E-state index in [0.717, 1.165) is 0 Å². The van der Waals surface area contributed by atoms with Gasteiger partial charge in [0.1, 0.15) is 0 Å². The van der Waals surface area contributed by atoms with E-state index < -0.39 is 5.91 Å². The van der Waals surface area contributed by atoms with Crippen LogP contribution in [0.3, 0.4) is 0 Å². The van der Waals surface area contributed by atoms with E-state index in [-0.39, 0.29) is 19.0 Å². The van der Waals surface area contributed by atoms with Gasteiger partial charge in [-0.05, 0) is 6.92 Å². The highest BCUT2D eigenvalue weighted by molar-refractivity contribution is 5.84. The van der Waals surface area contributed by atoms with Crippen molar-refractivity contribution in [2.75, 3.05) is 39.9 Å². The number of amides is 2. The Kier molecular flexibility index (Phi) is 7.57. The molecule has 0 saturated heterocycles. The molecule has 6 nitrogen and oxygen atoms in total. The van der Waals surface area contributed by atoms with Crippen LogP contribution in [0.2, 0.25) is 0 Å². The molecule has 0 aromatic carbocycles. The summed E-state index contributed by atoms with van der Waals surface area (Å²) in [5.41, 5.74) is 5.01. The molecule has 0 aromatic rings. The highest BCUT2D eigenvalue weighted by atomic mass is 16.5. The van der Waals surface area contributed by atoms with Crippen LogP contribution in [0.1, 0.15) is 6.92 Å². The van der Waals surface area contributed by atoms with Gasteiger partial charge in [0.25, 0.3) is 0 Å². The van der Waals surface area contributed by atoms with Gasteiger partial charge in [-0.25, -0.2) is 0 Å². The predicted molar refractivity (Wildman–Crippen MR) is 56.2 cm³/mol. The molecular weight excluding hydrogens is 198 g/mol. The molecule has 0 heterocycles. The summed E-state index contributed by atoms with van der Waals surface area (Å²) < 4.78 is 4.81. The van der Waals surface area contributed by atoms with E-state index in [0.29, 0.717) is 19.7 Å². The SMILES string of the molecule is CCN(CC(N)=O)C(=O)CNCCOC. The fourth-order valence-corrected chi connectivity index (χ4v) is 1.05. The quantitative estimate of drug-likeness (QED) is 0.487. The second-order valence-electron chi connectivity index (χ2n) is 3.04. The van der Waals surface area contributed by atoms with E-state index >= 15 is 0 Å². The molecule has 88 valence electrons. The number of rotatable bonds is 8. The monoisotopic (exact) mass is 217 g/mol. The van der Waals surface area contributed by atoms with Gasteiger partial charge in [0.15, 0.2) is 0 Å². The molecule has 0 unspecified atom stereocenters. The van der Waals surface area contributed by atoms with Crippen molar-refractivity contribution in [2.45, 2.75) is 6.92 Å². The van der Waals surface area contributed by atoms with Crippen molar-refractivity contribution in [3.8, 4) is 0 Å². The van der Waals surface area contributed by atoms with Crippen LogP contribution in [-0.4, -0.2) is 56.6 Å². The zero-order valence-electron chi connectivity index (χ0n) is 9.28. The Morgan fingerprint density at radius 1 is 1.47 bits per heavy atom. The van der Waals surface area contributed by atoms with E-state index in [9.17, 15) is 9.59 Å². The molecule has 15 heavy (non-hydrogen) atoms. The number of carbonyl (C=O) groups is 2. The van der Waals surface area contributed by atoms with Crippen molar-refractivity contribution < 1.29 is 14.3 Å². The van der Waals surface area contributed by atoms with E-state index in [1.54, 1.807) is 14.0 Å². The van der Waals surface area contributed by atoms with Gasteiger partial charge in [0.05, 0.1) is 19.7 Å². The summed E-state index contributed by atoms with van der Waals surface area (Å²) in [5, 5.41) is 2.91. The van der Waals surface area contributed by atoms with Crippen LogP contribution < -0.4 is 11.1 Å². The molecule has 0 atom stereocenters. The lowest BCUT2D eigenvalue weighted by Crippen LogP contribution is -2.43. The molecular formula is C9H19N3O3. The van der Waals surface area contributed by atoms with Gasteiger partial charge in [-0.1, -0.05) is 0 Å². The highest BCUT2D eigenvalue weighted by Crippen LogP contribution is 1.87. The first-order valence-corrected chi connectivity index (χ1v) is 4.87. The summed E-state index contributed by atoms with van der Waals surface area (Å²) in [5.74, 6) is -0.630. The van der Waals surface area contributed by atoms with Gasteiger partial charge in [-0.2, -0.15) is 0 Å². The summed E-state index contributed by atoms with van der Waals surface area (Å²) in [7, 11) is 1.59. The number of carbonyl (C=O) groups excluding carboxylic acids is 2. The molecule has 0 aliphatic rings. The molecule has 0 saturated carbocycles. The van der Waals surface area contributed by atoms with Crippen LogP contribution in [0.4, 0.5) is 0 Å². The molecule has 3 N–H and O–H groups in total. The molecule has 0 aromatic heterocycles. The van der Waals surface area contributed by atoms with E-state index in [2.05, 4.69) is 5.32 Å². The van der Waals surface area contributed by atoms with Gasteiger partial charge in [-0.15, -0.1) is 0 Å². The lowest BCUT2D eigenvalue weighted by Gasteiger charge is -2.19. The third-order valence-corrected chi connectivity index (χ3v) is 1.84. The van der Waals surface area contributed by atoms with Crippen molar-refractivity contribution in [1.82, 2.24) is 10.2 Å². The minimum absolute atomic E-state index is 0.0265. The molecule has 0 aliphatic carbocycles. The Hall–Kier alpha value is -1.14. The number of nitrogens with one attached hydrogen (secondary N) is 1. The second-order valence-corrected chi connectivity index (χ2v) is 3.04. The van der Waals surface area contributed by atoms with E-state index in [1.165, 1.54) is 4.90 Å². The van der Waals surface area contributed by atoms with Crippen LogP contribution in [-0.2, 0) is 14.3 Å². The highest BCUT2D eigenvalue weighted by Gasteiger charge is 2.12. The molecule has 0 fully saturated rings. The number of hydrogen-bond donors (Lipinski definition) is 2. The molecule has 0 radical (unpaired) electrons. The smallest absolute Gasteiger partial charge is 0.237 e. The number of likely N-dealkylation sites (N-methyl/N-ethyl adjacent to an activating group) is 1. The van der Waals surface area contributed by atoms with Crippen molar-refractivity contribution in [2.24, 2.45) is 5.73 Å². The van der Waals surface area contributed by atoms with Crippen molar-refractivity contribution in [3.63, 3.8) is 0 Å². The maximum absolute atomic E-state index is 11.5. The van der Waals surface area contributed by atoms with Gasteiger partial charge >= 0.3 is 0 Å². The van der Waals surface area contributed by atoms with Crippen molar-refractivity contribution in [1.29, 1.82) is 0 Å². The Labute approximate surface area is 89.7 Å². The second kappa shape index (κ2) is 8.19. The fraction of sp³-hybridized carbons (Fsp3) is 0.778. The first kappa shape index (κ1) is 13.9. The number of nitrogens with two attached hydrogens (primary N) is 1. The topological polar surface area (TPSA) is 84.7 Å². The first-order valence-electron chi connectivity index (χ1n) is 4.87. The van der Waals surface area contributed by atoms with Gasteiger partial charge < -0.3 is 20.7 Å². The molecule has 0 spiro atoms. The van der Waals surface area contributed by atoms with E-state index in [4.69, 9.17) is 10.5 Å². The standard InChI is InChI=1S/C9H19N3O3/c1-3-12(7-8(10)13)9(14)6-11-4-5-15-2/h11H,3-7H2,1-2H3,(H2,10,13). The molecule has 6 heteroatoms. The number of hydrogen-bond acceptors (Lipinski definition) is 4. The summed E-state index contributed by atoms with van der Waals surface area (Å²) in [6, 6.07) is 0. The average molecular weight is 217 g/mol. The Morgan fingerprint density at radius 2 is 2.13 bits per heavy atom. The van der Waals surface area contributed by atoms with Crippen LogP contribution in [0.15, 0.2) is 0 Å². The summed E-state index contributed by atoms with van der Waals surface area (Å²) in [4.78, 5) is 23.5. The maximum Gasteiger partial charge on any atom is 0.237 e. The van der Waals surface area contributed by atoms with E-state index in [1.807, 2.05) is 0 Å². The molecule has 2 amide bonds. The summed E-state index contributed by atoms with van der Waals surface area (Å²) in [6.45, 7) is 3.61. The summed E-state index contributed by atoms with van der Waals surface area (Å²) in [6.07, 6.45) is 0. The number of methoxy groups -OCH3 is 1. The minimum atomic E-state index is -0.498. The van der Waals surface area contributed by atoms with Gasteiger partial charge in [0.2, 0.25) is 11.8 Å². The fourth-order valence-electron chi connectivity index (χ4n) is 1.05. The lowest BCUT2D eigenvalue weighted by atomic mass is 10.4. The van der Waals surface area contributed by atoms with Crippen molar-refractivity contribution in [3.05, 3.63) is 0 Å². The van der Waals surface area contributed by atoms with Crippen LogP contribution in [0.25, 0.3) is 0 Å². The third-order valence-electron chi connectivity index (χ3n) is 1.84. The largest absolute Gasteiger partial charge is 0.383 e.